The van der Waals surface area contributed by atoms with Gasteiger partial charge < -0.3 is 5.11 Å². The molecule has 0 N–H and O–H groups in total. The first-order valence-corrected chi connectivity index (χ1v) is 3.18. The van der Waals surface area contributed by atoms with Gasteiger partial charge in [0.25, 0.3) is 0 Å². The minimum atomic E-state index is -0.777. The van der Waals surface area contributed by atoms with Crippen LogP contribution < -0.4 is 56.5 Å². The van der Waals surface area contributed by atoms with Crippen molar-refractivity contribution in [3.63, 3.8) is 0 Å². The summed E-state index contributed by atoms with van der Waals surface area (Å²) in [6.07, 6.45) is 0.621. The van der Waals surface area contributed by atoms with Crippen molar-refractivity contribution in [3.05, 3.63) is 48.6 Å². The van der Waals surface area contributed by atoms with Gasteiger partial charge in [-0.05, 0) is 0 Å². The van der Waals surface area contributed by atoms with Gasteiger partial charge in [0.2, 0.25) is 0 Å². The first kappa shape index (κ1) is 11.6. The standard InChI is InChI=1S/C9H9O.K/c1-2-9(10)8-6-4-3-5-7-8;/h2-7,9H,1H2;/q-1;+1. The number of hydrogen-bond donors (Lipinski definition) is 0. The van der Waals surface area contributed by atoms with Crippen LogP contribution in [0.3, 0.4) is 0 Å². The zero-order valence-electron chi connectivity index (χ0n) is 6.66. The van der Waals surface area contributed by atoms with Gasteiger partial charge in [-0.3, -0.25) is 0 Å². The van der Waals surface area contributed by atoms with Crippen LogP contribution in [0.5, 0.6) is 0 Å². The topological polar surface area (TPSA) is 23.1 Å². The molecule has 1 aromatic rings. The zero-order chi connectivity index (χ0) is 7.40. The van der Waals surface area contributed by atoms with Crippen LogP contribution in [0, 0.1) is 0 Å². The Kier molecular flexibility index (Phi) is 6.42. The molecule has 1 aromatic carbocycles. The van der Waals surface area contributed by atoms with Gasteiger partial charge in [0.15, 0.2) is 0 Å². The van der Waals surface area contributed by atoms with E-state index in [0.29, 0.717) is 0 Å². The molecule has 0 spiro atoms. The van der Waals surface area contributed by atoms with Crippen molar-refractivity contribution >= 4 is 0 Å². The maximum atomic E-state index is 11.0. The summed E-state index contributed by atoms with van der Waals surface area (Å²) < 4.78 is 0. The van der Waals surface area contributed by atoms with Gasteiger partial charge in [0, 0.05) is 0 Å². The fraction of sp³-hybridized carbons (Fsp3) is 0.111. The molecule has 0 saturated heterocycles. The molecule has 1 nitrogen and oxygen atoms in total. The second-order valence-corrected chi connectivity index (χ2v) is 2.07. The summed E-state index contributed by atoms with van der Waals surface area (Å²) in [5, 5.41) is 11.0. The normalized spacial score (nSPS) is 11.4. The van der Waals surface area contributed by atoms with Crippen molar-refractivity contribution in [3.8, 4) is 0 Å². The smallest absolute Gasteiger partial charge is 0.846 e. The van der Waals surface area contributed by atoms with Crippen molar-refractivity contribution in [1.29, 1.82) is 0 Å². The van der Waals surface area contributed by atoms with Gasteiger partial charge in [0.05, 0.1) is 0 Å². The van der Waals surface area contributed by atoms with Crippen LogP contribution in [-0.2, 0) is 0 Å². The second-order valence-electron chi connectivity index (χ2n) is 2.07. The summed E-state index contributed by atoms with van der Waals surface area (Å²) >= 11 is 0. The first-order valence-electron chi connectivity index (χ1n) is 3.18. The Morgan fingerprint density at radius 1 is 1.27 bits per heavy atom. The van der Waals surface area contributed by atoms with Crippen LogP contribution in [0.15, 0.2) is 43.0 Å². The fourth-order valence-electron chi connectivity index (χ4n) is 0.779. The van der Waals surface area contributed by atoms with Gasteiger partial charge in [0.1, 0.15) is 0 Å². The molecule has 0 aromatic heterocycles. The maximum Gasteiger partial charge on any atom is 1.00 e. The van der Waals surface area contributed by atoms with E-state index in [1.54, 1.807) is 12.1 Å². The van der Waals surface area contributed by atoms with E-state index in [9.17, 15) is 5.11 Å². The van der Waals surface area contributed by atoms with Crippen LogP contribution in [0.2, 0.25) is 0 Å². The van der Waals surface area contributed by atoms with Crippen molar-refractivity contribution in [1.82, 2.24) is 0 Å². The molecule has 0 saturated carbocycles. The predicted molar refractivity (Wildman–Crippen MR) is 39.4 cm³/mol. The minimum absolute atomic E-state index is 0. The van der Waals surface area contributed by atoms with Crippen LogP contribution in [0.4, 0.5) is 0 Å². The molecule has 0 bridgehead atoms. The molecule has 0 radical (unpaired) electrons. The Morgan fingerprint density at radius 2 is 1.82 bits per heavy atom. The van der Waals surface area contributed by atoms with Gasteiger partial charge in [-0.25, -0.2) is 0 Å². The van der Waals surface area contributed by atoms with Gasteiger partial charge in [-0.1, -0.05) is 42.0 Å². The molecule has 1 atom stereocenters. The summed E-state index contributed by atoms with van der Waals surface area (Å²) in [6.45, 7) is 3.42. The number of rotatable bonds is 2. The molecule has 2 heteroatoms. The second kappa shape index (κ2) is 6.11. The summed E-state index contributed by atoms with van der Waals surface area (Å²) in [7, 11) is 0. The van der Waals surface area contributed by atoms with Crippen molar-refractivity contribution in [2.45, 2.75) is 6.10 Å². The predicted octanol–water partition coefficient (Wildman–Crippen LogP) is -1.72. The SMILES string of the molecule is C=CC([O-])c1ccccc1.[K+]. The molecular formula is C9H9KO. The molecule has 0 fully saturated rings. The molecule has 1 rings (SSSR count). The third-order valence-corrected chi connectivity index (χ3v) is 1.34. The monoisotopic (exact) mass is 172 g/mol. The van der Waals surface area contributed by atoms with Gasteiger partial charge >= 0.3 is 51.4 Å². The van der Waals surface area contributed by atoms with E-state index in [0.717, 1.165) is 5.56 Å². The van der Waals surface area contributed by atoms with E-state index in [2.05, 4.69) is 6.58 Å². The molecule has 11 heavy (non-hydrogen) atoms. The average Bonchev–Trinajstić information content (AvgIpc) is 2.05. The minimum Gasteiger partial charge on any atom is -0.846 e. The van der Waals surface area contributed by atoms with E-state index in [1.165, 1.54) is 6.08 Å². The van der Waals surface area contributed by atoms with Crippen molar-refractivity contribution < 1.29 is 56.5 Å². The van der Waals surface area contributed by atoms with E-state index < -0.39 is 6.10 Å². The van der Waals surface area contributed by atoms with E-state index in [1.807, 2.05) is 18.2 Å². The van der Waals surface area contributed by atoms with Crippen LogP contribution in [0.1, 0.15) is 11.7 Å². The van der Waals surface area contributed by atoms with E-state index in [-0.39, 0.29) is 51.4 Å². The van der Waals surface area contributed by atoms with E-state index >= 15 is 0 Å². The Balaban J connectivity index is 0.000001000. The van der Waals surface area contributed by atoms with Crippen LogP contribution in [0.25, 0.3) is 0 Å². The third kappa shape index (κ3) is 3.65. The summed E-state index contributed by atoms with van der Waals surface area (Å²) in [5.41, 5.74) is 0.775. The molecule has 0 aliphatic rings. The zero-order valence-corrected chi connectivity index (χ0v) is 9.78. The van der Waals surface area contributed by atoms with Crippen molar-refractivity contribution in [2.75, 3.05) is 0 Å². The molecule has 0 aliphatic heterocycles. The fourth-order valence-corrected chi connectivity index (χ4v) is 0.779. The third-order valence-electron chi connectivity index (χ3n) is 1.34. The summed E-state index contributed by atoms with van der Waals surface area (Å²) in [5.74, 6) is 0. The maximum absolute atomic E-state index is 11.0. The Labute approximate surface area is 110 Å². The van der Waals surface area contributed by atoms with Crippen molar-refractivity contribution in [2.24, 2.45) is 0 Å². The average molecular weight is 172 g/mol. The molecule has 0 amide bonds. The van der Waals surface area contributed by atoms with Gasteiger partial charge in [-0.2, -0.15) is 0 Å². The molecule has 52 valence electrons. The van der Waals surface area contributed by atoms with Gasteiger partial charge in [-0.15, -0.1) is 12.7 Å². The molecule has 0 aliphatic carbocycles. The molecular weight excluding hydrogens is 163 g/mol. The largest absolute Gasteiger partial charge is 1.00 e. The van der Waals surface area contributed by atoms with Crippen LogP contribution >= 0.6 is 0 Å². The molecule has 0 heterocycles. The Morgan fingerprint density at radius 3 is 2.27 bits per heavy atom. The number of hydrogen-bond acceptors (Lipinski definition) is 1. The molecule has 1 unspecified atom stereocenters. The number of benzene rings is 1. The van der Waals surface area contributed by atoms with E-state index in [4.69, 9.17) is 0 Å². The quantitative estimate of drug-likeness (QED) is 0.384. The summed E-state index contributed by atoms with van der Waals surface area (Å²) in [6, 6.07) is 9.20. The Hall–Kier alpha value is 0.556. The first-order chi connectivity index (χ1) is 4.84. The van der Waals surface area contributed by atoms with Crippen LogP contribution in [-0.4, -0.2) is 0 Å². The Bertz CT molecular complexity index is 208. The summed E-state index contributed by atoms with van der Waals surface area (Å²) in [4.78, 5) is 0.